The van der Waals surface area contributed by atoms with Crippen LogP contribution in [0.1, 0.15) is 24.1 Å². The van der Waals surface area contributed by atoms with Crippen LogP contribution in [0.5, 0.6) is 5.75 Å². The molecule has 1 amide bonds. The van der Waals surface area contributed by atoms with E-state index in [9.17, 15) is 9.90 Å². The smallest absolute Gasteiger partial charge is 0.258 e. The van der Waals surface area contributed by atoms with E-state index >= 15 is 0 Å². The Balaban J connectivity index is 1.62. The maximum absolute atomic E-state index is 12.4. The van der Waals surface area contributed by atoms with Gasteiger partial charge in [0.2, 0.25) is 0 Å². The number of amides is 1. The van der Waals surface area contributed by atoms with Crippen LogP contribution in [-0.4, -0.2) is 23.3 Å². The molecule has 0 aromatic heterocycles. The number of phenols is 1. The van der Waals surface area contributed by atoms with Crippen LogP contribution < -0.4 is 16.3 Å². The van der Waals surface area contributed by atoms with Gasteiger partial charge < -0.3 is 5.11 Å². The van der Waals surface area contributed by atoms with Crippen molar-refractivity contribution in [1.82, 2.24) is 16.3 Å². The summed E-state index contributed by atoms with van der Waals surface area (Å²) in [6.45, 7) is 2.01. The molecule has 1 heterocycles. The zero-order valence-electron chi connectivity index (χ0n) is 13.6. The average molecular weight is 403 g/mol. The van der Waals surface area contributed by atoms with Gasteiger partial charge in [-0.1, -0.05) is 53.2 Å². The lowest BCUT2D eigenvalue weighted by atomic mass is 9.91. The van der Waals surface area contributed by atoms with Crippen LogP contribution >= 0.6 is 15.9 Å². The molecule has 1 fully saturated rings. The first-order valence-electron chi connectivity index (χ1n) is 7.93. The fraction of sp³-hybridized carbons (Fsp3) is 0.222. The molecule has 6 nitrogen and oxygen atoms in total. The number of phenolic OH excluding ortho intramolecular Hbond substituents is 1. The fourth-order valence-electron chi connectivity index (χ4n) is 2.85. The van der Waals surface area contributed by atoms with Crippen LogP contribution in [-0.2, 0) is 4.79 Å². The van der Waals surface area contributed by atoms with E-state index in [1.54, 1.807) is 18.2 Å². The Bertz CT molecular complexity index is 782. The average Bonchev–Trinajstić information content (AvgIpc) is 3.00. The molecular weight excluding hydrogens is 384 g/mol. The molecule has 7 heteroatoms. The van der Waals surface area contributed by atoms with Crippen molar-refractivity contribution in [2.75, 3.05) is 0 Å². The summed E-state index contributed by atoms with van der Waals surface area (Å²) in [5.74, 6) is -0.0830. The highest BCUT2D eigenvalue weighted by Gasteiger charge is 2.37. The first kappa shape index (κ1) is 17.6. The molecule has 1 saturated heterocycles. The van der Waals surface area contributed by atoms with Gasteiger partial charge in [-0.15, -0.1) is 0 Å². The minimum Gasteiger partial charge on any atom is -0.507 e. The number of carbonyl (C=O) groups excluding carboxylic acids is 1. The van der Waals surface area contributed by atoms with Crippen molar-refractivity contribution in [2.45, 2.75) is 19.0 Å². The molecule has 0 saturated carbocycles. The largest absolute Gasteiger partial charge is 0.507 e. The Kier molecular flexibility index (Phi) is 5.47. The fourth-order valence-corrected chi connectivity index (χ4v) is 3.23. The van der Waals surface area contributed by atoms with Crippen molar-refractivity contribution in [3.05, 3.63) is 64.1 Å². The van der Waals surface area contributed by atoms with Gasteiger partial charge in [-0.05, 0) is 23.8 Å². The molecule has 3 atom stereocenters. The highest BCUT2D eigenvalue weighted by Crippen LogP contribution is 2.28. The Morgan fingerprint density at radius 1 is 1.24 bits per heavy atom. The highest BCUT2D eigenvalue weighted by atomic mass is 79.9. The molecule has 0 spiro atoms. The summed E-state index contributed by atoms with van der Waals surface area (Å²) in [6.07, 6.45) is 1.42. The van der Waals surface area contributed by atoms with Gasteiger partial charge in [-0.2, -0.15) is 5.10 Å². The summed E-state index contributed by atoms with van der Waals surface area (Å²) >= 11 is 3.33. The first-order chi connectivity index (χ1) is 12.1. The summed E-state index contributed by atoms with van der Waals surface area (Å²) in [4.78, 5) is 12.4. The third kappa shape index (κ3) is 4.07. The number of benzene rings is 2. The molecule has 0 radical (unpaired) electrons. The van der Waals surface area contributed by atoms with E-state index < -0.39 is 6.04 Å². The Labute approximate surface area is 154 Å². The minimum atomic E-state index is -0.404. The lowest BCUT2D eigenvalue weighted by Gasteiger charge is -2.17. The number of halogens is 1. The maximum atomic E-state index is 12.4. The third-order valence-electron chi connectivity index (χ3n) is 4.26. The number of carbonyl (C=O) groups is 1. The monoisotopic (exact) mass is 402 g/mol. The Morgan fingerprint density at radius 3 is 2.76 bits per heavy atom. The van der Waals surface area contributed by atoms with E-state index in [1.807, 2.05) is 37.3 Å². The molecule has 1 aliphatic rings. The second kappa shape index (κ2) is 7.77. The maximum Gasteiger partial charge on any atom is 0.258 e. The number of hydrogen-bond acceptors (Lipinski definition) is 5. The summed E-state index contributed by atoms with van der Waals surface area (Å²) in [5.41, 5.74) is 10.4. The van der Waals surface area contributed by atoms with Gasteiger partial charge in [0.05, 0.1) is 12.3 Å². The number of nitrogens with one attached hydrogen (secondary N) is 3. The molecule has 1 aliphatic heterocycles. The summed E-state index contributed by atoms with van der Waals surface area (Å²) < 4.78 is 0.819. The van der Waals surface area contributed by atoms with Crippen LogP contribution in [0, 0.1) is 5.92 Å². The number of hydrazone groups is 1. The number of aromatic hydroxyl groups is 1. The van der Waals surface area contributed by atoms with Crippen LogP contribution in [0.3, 0.4) is 0 Å². The standard InChI is InChI=1S/C18H19BrN4O2/c1-11-16(12-5-3-2-4-6-12)21-22-17(11)18(25)23-20-10-13-9-14(19)7-8-15(13)24/h2-11,16-17,21-22,24H,1H3,(H,23,25)/b20-10-. The molecule has 2 aromatic carbocycles. The summed E-state index contributed by atoms with van der Waals surface area (Å²) in [5, 5.41) is 13.7. The van der Waals surface area contributed by atoms with Gasteiger partial charge in [-0.3, -0.25) is 4.79 Å². The van der Waals surface area contributed by atoms with Crippen molar-refractivity contribution in [3.8, 4) is 5.75 Å². The van der Waals surface area contributed by atoms with E-state index in [2.05, 4.69) is 37.3 Å². The predicted octanol–water partition coefficient (Wildman–Crippen LogP) is 2.46. The second-order valence-electron chi connectivity index (χ2n) is 5.95. The van der Waals surface area contributed by atoms with E-state index in [0.717, 1.165) is 10.0 Å². The number of hydrogen-bond donors (Lipinski definition) is 4. The molecule has 130 valence electrons. The van der Waals surface area contributed by atoms with E-state index in [1.165, 1.54) is 6.21 Å². The van der Waals surface area contributed by atoms with Gasteiger partial charge in [0.25, 0.3) is 5.91 Å². The van der Waals surface area contributed by atoms with Gasteiger partial charge >= 0.3 is 0 Å². The van der Waals surface area contributed by atoms with Crippen molar-refractivity contribution in [3.63, 3.8) is 0 Å². The van der Waals surface area contributed by atoms with Crippen LogP contribution in [0.25, 0.3) is 0 Å². The molecule has 0 aliphatic carbocycles. The van der Waals surface area contributed by atoms with Gasteiger partial charge in [-0.25, -0.2) is 16.3 Å². The summed E-state index contributed by atoms with van der Waals surface area (Å²) in [7, 11) is 0. The number of nitrogens with zero attached hydrogens (tertiary/aromatic N) is 1. The van der Waals surface area contributed by atoms with Crippen LogP contribution in [0.15, 0.2) is 58.1 Å². The third-order valence-corrected chi connectivity index (χ3v) is 4.75. The van der Waals surface area contributed by atoms with Crippen molar-refractivity contribution in [2.24, 2.45) is 11.0 Å². The summed E-state index contributed by atoms with van der Waals surface area (Å²) in [6, 6.07) is 14.6. The van der Waals surface area contributed by atoms with Gasteiger partial charge in [0.15, 0.2) is 0 Å². The zero-order valence-corrected chi connectivity index (χ0v) is 15.2. The van der Waals surface area contributed by atoms with Crippen LogP contribution in [0.4, 0.5) is 0 Å². The van der Waals surface area contributed by atoms with Gasteiger partial charge in [0, 0.05) is 16.0 Å². The molecule has 4 N–H and O–H groups in total. The second-order valence-corrected chi connectivity index (χ2v) is 6.87. The minimum absolute atomic E-state index is 0.0510. The molecule has 2 aromatic rings. The molecule has 3 rings (SSSR count). The lowest BCUT2D eigenvalue weighted by Crippen LogP contribution is -2.43. The highest BCUT2D eigenvalue weighted by molar-refractivity contribution is 9.10. The topological polar surface area (TPSA) is 85.8 Å². The molecule has 0 bridgehead atoms. The van der Waals surface area contributed by atoms with Crippen LogP contribution in [0.2, 0.25) is 0 Å². The van der Waals surface area contributed by atoms with E-state index in [4.69, 9.17) is 0 Å². The molecule has 3 unspecified atom stereocenters. The Hall–Kier alpha value is -2.22. The first-order valence-corrected chi connectivity index (χ1v) is 8.73. The van der Waals surface area contributed by atoms with E-state index in [0.29, 0.717) is 5.56 Å². The SMILES string of the molecule is CC1C(C(=O)N/N=C\c2cc(Br)ccc2O)NNC1c1ccccc1. The predicted molar refractivity (Wildman–Crippen MR) is 99.9 cm³/mol. The molecule has 25 heavy (non-hydrogen) atoms. The number of rotatable bonds is 4. The van der Waals surface area contributed by atoms with Crippen molar-refractivity contribution < 1.29 is 9.90 Å². The Morgan fingerprint density at radius 2 is 2.00 bits per heavy atom. The van der Waals surface area contributed by atoms with Gasteiger partial charge in [0.1, 0.15) is 11.8 Å². The van der Waals surface area contributed by atoms with E-state index in [-0.39, 0.29) is 23.6 Å². The molecular formula is C18H19BrN4O2. The normalized spacial score (nSPS) is 23.0. The quantitative estimate of drug-likeness (QED) is 0.467. The number of hydrazine groups is 1. The van der Waals surface area contributed by atoms with Crippen molar-refractivity contribution in [1.29, 1.82) is 0 Å². The lowest BCUT2D eigenvalue weighted by molar-refractivity contribution is -0.123. The van der Waals surface area contributed by atoms with Crippen molar-refractivity contribution >= 4 is 28.1 Å². The zero-order chi connectivity index (χ0) is 17.8.